The quantitative estimate of drug-likeness (QED) is 0.682. The van der Waals surface area contributed by atoms with Crippen LogP contribution in [0.15, 0.2) is 32.4 Å². The average Bonchev–Trinajstić information content (AvgIpc) is 3.16. The van der Waals surface area contributed by atoms with E-state index in [1.54, 1.807) is 30.9 Å². The minimum atomic E-state index is -0.687. The van der Waals surface area contributed by atoms with E-state index in [0.29, 0.717) is 18.3 Å². The van der Waals surface area contributed by atoms with E-state index in [0.717, 1.165) is 4.57 Å². The molecule has 0 aliphatic rings. The summed E-state index contributed by atoms with van der Waals surface area (Å²) in [4.78, 5) is 29.0. The number of nitrogens with one attached hydrogen (secondary N) is 1. The monoisotopic (exact) mass is 333 g/mol. The molecule has 3 aromatic rings. The van der Waals surface area contributed by atoms with Gasteiger partial charge in [-0.05, 0) is 19.1 Å². The van der Waals surface area contributed by atoms with E-state index in [-0.39, 0.29) is 17.7 Å². The van der Waals surface area contributed by atoms with Crippen molar-refractivity contribution in [3.05, 3.63) is 45.0 Å². The lowest BCUT2D eigenvalue weighted by Gasteiger charge is -2.11. The molecular weight excluding hydrogens is 314 g/mol. The molecule has 24 heavy (non-hydrogen) atoms. The molecule has 3 rings (SSSR count). The Bertz CT molecular complexity index is 978. The highest BCUT2D eigenvalue weighted by atomic mass is 16.3. The van der Waals surface area contributed by atoms with Gasteiger partial charge in [-0.15, -0.1) is 0 Å². The van der Waals surface area contributed by atoms with Crippen LogP contribution in [-0.2, 0) is 27.2 Å². The molecule has 3 heterocycles. The summed E-state index contributed by atoms with van der Waals surface area (Å²) < 4.78 is 9.19. The summed E-state index contributed by atoms with van der Waals surface area (Å²) in [6.07, 6.45) is 0.878. The summed E-state index contributed by atoms with van der Waals surface area (Å²) in [5, 5.41) is 12.9. The fourth-order valence-corrected chi connectivity index (χ4v) is 2.60. The van der Waals surface area contributed by atoms with E-state index < -0.39 is 17.4 Å². The molecule has 9 heteroatoms. The van der Waals surface area contributed by atoms with Crippen molar-refractivity contribution in [2.24, 2.45) is 14.1 Å². The second-order valence-corrected chi connectivity index (χ2v) is 5.71. The van der Waals surface area contributed by atoms with Crippen LogP contribution in [0.4, 0.5) is 5.95 Å². The Kier molecular flexibility index (Phi) is 4.02. The van der Waals surface area contributed by atoms with Gasteiger partial charge in [-0.3, -0.25) is 13.9 Å². The Hall–Kier alpha value is -2.81. The summed E-state index contributed by atoms with van der Waals surface area (Å²) in [6, 6.07) is 3.58. The molecule has 2 N–H and O–H groups in total. The minimum Gasteiger partial charge on any atom is -0.467 e. The Morgan fingerprint density at radius 2 is 2.08 bits per heavy atom. The smallest absolute Gasteiger partial charge is 0.332 e. The molecule has 0 fully saturated rings. The van der Waals surface area contributed by atoms with Crippen LogP contribution in [0.25, 0.3) is 11.2 Å². The fourth-order valence-electron chi connectivity index (χ4n) is 2.60. The van der Waals surface area contributed by atoms with Crippen molar-refractivity contribution in [2.45, 2.75) is 26.1 Å². The van der Waals surface area contributed by atoms with Crippen molar-refractivity contribution in [2.75, 3.05) is 5.32 Å². The number of fused-ring (bicyclic) bond motifs is 1. The molecule has 0 bridgehead atoms. The van der Waals surface area contributed by atoms with Crippen LogP contribution in [0.1, 0.15) is 12.7 Å². The fraction of sp³-hybridized carbons (Fsp3) is 0.400. The van der Waals surface area contributed by atoms with Gasteiger partial charge < -0.3 is 19.4 Å². The minimum absolute atomic E-state index is 0.171. The second kappa shape index (κ2) is 6.00. The van der Waals surface area contributed by atoms with Gasteiger partial charge in [0.05, 0.1) is 25.5 Å². The third-order valence-electron chi connectivity index (χ3n) is 3.80. The van der Waals surface area contributed by atoms with Gasteiger partial charge in [0.15, 0.2) is 11.2 Å². The molecule has 3 aromatic heterocycles. The molecule has 0 saturated heterocycles. The average molecular weight is 333 g/mol. The number of aliphatic hydroxyl groups excluding tert-OH is 1. The number of anilines is 1. The van der Waals surface area contributed by atoms with E-state index in [1.807, 2.05) is 6.07 Å². The zero-order valence-electron chi connectivity index (χ0n) is 13.7. The zero-order chi connectivity index (χ0) is 17.4. The molecule has 0 radical (unpaired) electrons. The lowest BCUT2D eigenvalue weighted by Crippen LogP contribution is -2.37. The predicted octanol–water partition coefficient (Wildman–Crippen LogP) is 0.0196. The van der Waals surface area contributed by atoms with Crippen LogP contribution in [0.5, 0.6) is 0 Å². The van der Waals surface area contributed by atoms with E-state index in [9.17, 15) is 14.7 Å². The van der Waals surface area contributed by atoms with Gasteiger partial charge in [0.1, 0.15) is 5.76 Å². The lowest BCUT2D eigenvalue weighted by molar-refractivity contribution is 0.175. The summed E-state index contributed by atoms with van der Waals surface area (Å²) in [7, 11) is 2.97. The third-order valence-corrected chi connectivity index (χ3v) is 3.80. The Labute approximate surface area is 136 Å². The summed E-state index contributed by atoms with van der Waals surface area (Å²) >= 11 is 0. The maximum atomic E-state index is 12.5. The highest BCUT2D eigenvalue weighted by molar-refractivity contribution is 5.74. The first kappa shape index (κ1) is 16.1. The first-order valence-corrected chi connectivity index (χ1v) is 7.50. The molecule has 0 aromatic carbocycles. The van der Waals surface area contributed by atoms with E-state index in [2.05, 4.69) is 10.3 Å². The number of furan rings is 1. The number of hydrogen-bond acceptors (Lipinski definition) is 6. The van der Waals surface area contributed by atoms with Crippen molar-refractivity contribution >= 4 is 17.1 Å². The molecule has 0 unspecified atom stereocenters. The number of aromatic nitrogens is 4. The van der Waals surface area contributed by atoms with Crippen molar-refractivity contribution < 1.29 is 9.52 Å². The van der Waals surface area contributed by atoms with Crippen LogP contribution >= 0.6 is 0 Å². The van der Waals surface area contributed by atoms with Gasteiger partial charge in [0.25, 0.3) is 5.56 Å². The topological polar surface area (TPSA) is 107 Å². The van der Waals surface area contributed by atoms with E-state index in [4.69, 9.17) is 4.42 Å². The predicted molar refractivity (Wildman–Crippen MR) is 87.9 cm³/mol. The molecule has 0 spiro atoms. The standard InChI is InChI=1S/C15H19N5O4/c1-9(21)8-20-11-12(18(2)15(23)19(3)13(11)22)17-14(20)16-7-10-5-4-6-24-10/h4-6,9,21H,7-8H2,1-3H3,(H,16,17)/t9-/m1/s1. The number of imidazole rings is 1. The number of aryl methyl sites for hydroxylation is 1. The number of nitrogens with zero attached hydrogens (tertiary/aromatic N) is 4. The van der Waals surface area contributed by atoms with Crippen LogP contribution < -0.4 is 16.6 Å². The molecule has 0 aliphatic heterocycles. The summed E-state index contributed by atoms with van der Waals surface area (Å²) in [5.74, 6) is 1.09. The maximum absolute atomic E-state index is 12.5. The molecule has 128 valence electrons. The molecule has 9 nitrogen and oxygen atoms in total. The molecular formula is C15H19N5O4. The number of hydrogen-bond donors (Lipinski definition) is 2. The van der Waals surface area contributed by atoms with Crippen molar-refractivity contribution in [3.63, 3.8) is 0 Å². The van der Waals surface area contributed by atoms with E-state index in [1.165, 1.54) is 11.6 Å². The zero-order valence-corrected chi connectivity index (χ0v) is 13.7. The number of aliphatic hydroxyl groups is 1. The summed E-state index contributed by atoms with van der Waals surface area (Å²) in [5.41, 5.74) is -0.368. The Balaban J connectivity index is 2.17. The second-order valence-electron chi connectivity index (χ2n) is 5.71. The number of rotatable bonds is 5. The lowest BCUT2D eigenvalue weighted by atomic mass is 10.4. The van der Waals surface area contributed by atoms with Gasteiger partial charge in [0.2, 0.25) is 5.95 Å². The first-order chi connectivity index (χ1) is 11.4. The van der Waals surface area contributed by atoms with Crippen molar-refractivity contribution in [1.82, 2.24) is 18.7 Å². The van der Waals surface area contributed by atoms with Crippen molar-refractivity contribution in [3.8, 4) is 0 Å². The van der Waals surface area contributed by atoms with Crippen LogP contribution in [0.2, 0.25) is 0 Å². The van der Waals surface area contributed by atoms with Crippen LogP contribution in [0.3, 0.4) is 0 Å². The molecule has 0 saturated carbocycles. The van der Waals surface area contributed by atoms with Gasteiger partial charge in [-0.2, -0.15) is 4.98 Å². The van der Waals surface area contributed by atoms with Crippen LogP contribution in [0, 0.1) is 0 Å². The normalized spacial score (nSPS) is 12.7. The Morgan fingerprint density at radius 1 is 1.33 bits per heavy atom. The van der Waals surface area contributed by atoms with Gasteiger partial charge >= 0.3 is 5.69 Å². The molecule has 1 atom stereocenters. The molecule has 0 aliphatic carbocycles. The van der Waals surface area contributed by atoms with Gasteiger partial charge in [-0.25, -0.2) is 4.79 Å². The largest absolute Gasteiger partial charge is 0.467 e. The molecule has 0 amide bonds. The SMILES string of the molecule is C[C@@H](O)Cn1c(NCc2ccco2)nc2c1c(=O)n(C)c(=O)n2C. The summed E-state index contributed by atoms with van der Waals surface area (Å²) in [6.45, 7) is 2.16. The highest BCUT2D eigenvalue weighted by Gasteiger charge is 2.20. The first-order valence-electron chi connectivity index (χ1n) is 7.50. The third kappa shape index (κ3) is 2.62. The van der Waals surface area contributed by atoms with Crippen LogP contribution in [-0.4, -0.2) is 29.9 Å². The van der Waals surface area contributed by atoms with E-state index >= 15 is 0 Å². The Morgan fingerprint density at radius 3 is 2.71 bits per heavy atom. The highest BCUT2D eigenvalue weighted by Crippen LogP contribution is 2.17. The van der Waals surface area contributed by atoms with Gasteiger partial charge in [0, 0.05) is 14.1 Å². The maximum Gasteiger partial charge on any atom is 0.332 e. The van der Waals surface area contributed by atoms with Gasteiger partial charge in [-0.1, -0.05) is 0 Å². The van der Waals surface area contributed by atoms with Crippen molar-refractivity contribution in [1.29, 1.82) is 0 Å².